The molecule has 1 aromatic carbocycles. The summed E-state index contributed by atoms with van der Waals surface area (Å²) in [5, 5.41) is 10.1. The molecule has 0 radical (unpaired) electrons. The summed E-state index contributed by atoms with van der Waals surface area (Å²) in [6.07, 6.45) is 0. The highest BCUT2D eigenvalue weighted by molar-refractivity contribution is 9.08. The van der Waals surface area contributed by atoms with Crippen LogP contribution in [0.2, 0.25) is 0 Å². The maximum Gasteiger partial charge on any atom is 0.219 e. The van der Waals surface area contributed by atoms with Crippen molar-refractivity contribution in [1.82, 2.24) is 0 Å². The molecule has 68 valence electrons. The molecule has 0 aliphatic carbocycles. The second-order valence-corrected chi connectivity index (χ2v) is 4.25. The van der Waals surface area contributed by atoms with E-state index in [1.165, 1.54) is 0 Å². The lowest BCUT2D eigenvalue weighted by molar-refractivity contribution is 0.448. The first-order valence-corrected chi connectivity index (χ1v) is 5.62. The minimum Gasteiger partial charge on any atom is -0.504 e. The Morgan fingerprint density at radius 2 is 2.23 bits per heavy atom. The lowest BCUT2D eigenvalue weighted by Crippen LogP contribution is -1.74. The van der Waals surface area contributed by atoms with Crippen LogP contribution in [0.4, 0.5) is 4.39 Å². The van der Waals surface area contributed by atoms with Crippen LogP contribution in [0.5, 0.6) is 5.75 Å². The van der Waals surface area contributed by atoms with Gasteiger partial charge in [0.15, 0.2) is 5.75 Å². The average molecular weight is 261 g/mol. The molecule has 0 atom stereocenters. The molecule has 0 bridgehead atoms. The summed E-state index contributed by atoms with van der Waals surface area (Å²) in [5.74, 6) is -0.234. The number of fused-ring (bicyclic) bond motifs is 1. The first kappa shape index (κ1) is 8.97. The van der Waals surface area contributed by atoms with Gasteiger partial charge in [-0.3, -0.25) is 0 Å². The fraction of sp³-hybridized carbons (Fsp3) is 0.111. The van der Waals surface area contributed by atoms with E-state index in [9.17, 15) is 9.50 Å². The Labute approximate surface area is 86.9 Å². The molecular formula is C9H6BrFOS. The van der Waals surface area contributed by atoms with Gasteiger partial charge in [0, 0.05) is 15.4 Å². The number of aromatic hydroxyl groups is 1. The monoisotopic (exact) mass is 260 g/mol. The molecule has 0 aliphatic rings. The van der Waals surface area contributed by atoms with E-state index in [1.54, 1.807) is 6.07 Å². The summed E-state index contributed by atoms with van der Waals surface area (Å²) in [6, 6.07) is 5.52. The van der Waals surface area contributed by atoms with Crippen LogP contribution in [0.1, 0.15) is 5.56 Å². The number of rotatable bonds is 1. The van der Waals surface area contributed by atoms with Gasteiger partial charge in [-0.1, -0.05) is 22.0 Å². The summed E-state index contributed by atoms with van der Waals surface area (Å²) in [7, 11) is 0. The van der Waals surface area contributed by atoms with E-state index in [-0.39, 0.29) is 5.75 Å². The van der Waals surface area contributed by atoms with Crippen LogP contribution < -0.4 is 0 Å². The van der Waals surface area contributed by atoms with Crippen LogP contribution in [-0.4, -0.2) is 5.11 Å². The molecule has 1 N–H and O–H groups in total. The summed E-state index contributed by atoms with van der Waals surface area (Å²) in [5.41, 5.74) is 1.03. The van der Waals surface area contributed by atoms with E-state index in [0.29, 0.717) is 10.7 Å². The molecule has 0 spiro atoms. The highest BCUT2D eigenvalue weighted by Crippen LogP contribution is 2.35. The van der Waals surface area contributed by atoms with Crippen LogP contribution >= 0.6 is 27.3 Å². The molecule has 0 unspecified atom stereocenters. The van der Waals surface area contributed by atoms with Crippen molar-refractivity contribution < 1.29 is 9.50 Å². The van der Waals surface area contributed by atoms with Crippen LogP contribution in [-0.2, 0) is 5.33 Å². The van der Waals surface area contributed by atoms with Crippen LogP contribution in [0.3, 0.4) is 0 Å². The number of hydrogen-bond acceptors (Lipinski definition) is 2. The molecular weight excluding hydrogens is 255 g/mol. The molecule has 0 amide bonds. The molecule has 0 aliphatic heterocycles. The Morgan fingerprint density at radius 3 is 2.92 bits per heavy atom. The maximum atomic E-state index is 12.9. The topological polar surface area (TPSA) is 20.2 Å². The molecule has 2 rings (SSSR count). The van der Waals surface area contributed by atoms with Gasteiger partial charge in [0.1, 0.15) is 0 Å². The molecule has 1 heterocycles. The third-order valence-corrected chi connectivity index (χ3v) is 3.44. The van der Waals surface area contributed by atoms with Gasteiger partial charge in [-0.15, -0.1) is 11.3 Å². The molecule has 2 aromatic rings. The van der Waals surface area contributed by atoms with Gasteiger partial charge in [0.2, 0.25) is 5.13 Å². The predicted octanol–water partition coefficient (Wildman–Crippen LogP) is 3.64. The predicted molar refractivity (Wildman–Crippen MR) is 56.1 cm³/mol. The van der Waals surface area contributed by atoms with Gasteiger partial charge in [0.25, 0.3) is 0 Å². The van der Waals surface area contributed by atoms with Gasteiger partial charge in [-0.25, -0.2) is 0 Å². The Kier molecular flexibility index (Phi) is 2.26. The number of alkyl halides is 1. The fourth-order valence-corrected chi connectivity index (χ4v) is 2.34. The summed E-state index contributed by atoms with van der Waals surface area (Å²) in [6.45, 7) is 0. The Bertz CT molecular complexity index is 452. The van der Waals surface area contributed by atoms with E-state index in [4.69, 9.17) is 0 Å². The van der Waals surface area contributed by atoms with Crippen molar-refractivity contribution in [2.75, 3.05) is 0 Å². The fourth-order valence-electron chi connectivity index (χ4n) is 1.19. The Hall–Kier alpha value is -0.610. The first-order valence-electron chi connectivity index (χ1n) is 3.68. The van der Waals surface area contributed by atoms with Gasteiger partial charge in [-0.2, -0.15) is 4.39 Å². The van der Waals surface area contributed by atoms with Crippen LogP contribution in [0, 0.1) is 5.13 Å². The zero-order valence-corrected chi connectivity index (χ0v) is 8.95. The van der Waals surface area contributed by atoms with Crippen molar-refractivity contribution in [3.8, 4) is 5.75 Å². The zero-order valence-electron chi connectivity index (χ0n) is 6.55. The van der Waals surface area contributed by atoms with Crippen molar-refractivity contribution in [2.24, 2.45) is 0 Å². The highest BCUT2D eigenvalue weighted by atomic mass is 79.9. The van der Waals surface area contributed by atoms with Gasteiger partial charge in [-0.05, 0) is 17.7 Å². The SMILES string of the molecule is Oc1c(F)sc2ccc(CBr)cc12. The zero-order chi connectivity index (χ0) is 9.42. The third kappa shape index (κ3) is 1.44. The molecule has 13 heavy (non-hydrogen) atoms. The summed E-state index contributed by atoms with van der Waals surface area (Å²) < 4.78 is 13.7. The van der Waals surface area contributed by atoms with E-state index in [0.717, 1.165) is 21.6 Å². The summed E-state index contributed by atoms with van der Waals surface area (Å²) in [4.78, 5) is 0. The largest absolute Gasteiger partial charge is 0.504 e. The first-order chi connectivity index (χ1) is 6.22. The van der Waals surface area contributed by atoms with Crippen molar-refractivity contribution >= 4 is 37.4 Å². The molecule has 4 heteroatoms. The minimum atomic E-state index is -0.512. The lowest BCUT2D eigenvalue weighted by Gasteiger charge is -1.94. The highest BCUT2D eigenvalue weighted by Gasteiger charge is 2.10. The standard InChI is InChI=1S/C9H6BrFOS/c10-4-5-1-2-7-6(3-5)8(12)9(11)13-7/h1-3,12H,4H2. The normalized spacial score (nSPS) is 10.9. The number of halogens is 2. The van der Waals surface area contributed by atoms with E-state index in [2.05, 4.69) is 15.9 Å². The molecule has 0 saturated heterocycles. The van der Waals surface area contributed by atoms with E-state index in [1.807, 2.05) is 12.1 Å². The maximum absolute atomic E-state index is 12.9. The molecule has 0 saturated carbocycles. The molecule has 0 fully saturated rings. The second-order valence-electron chi connectivity index (χ2n) is 2.69. The summed E-state index contributed by atoms with van der Waals surface area (Å²) >= 11 is 4.27. The molecule has 1 nitrogen and oxygen atoms in total. The van der Waals surface area contributed by atoms with Gasteiger partial charge in [0.05, 0.1) is 0 Å². The minimum absolute atomic E-state index is 0.234. The van der Waals surface area contributed by atoms with Crippen molar-refractivity contribution in [3.63, 3.8) is 0 Å². The van der Waals surface area contributed by atoms with Crippen molar-refractivity contribution in [2.45, 2.75) is 5.33 Å². The van der Waals surface area contributed by atoms with E-state index < -0.39 is 5.13 Å². The van der Waals surface area contributed by atoms with Crippen LogP contribution in [0.25, 0.3) is 10.1 Å². The number of thiophene rings is 1. The third-order valence-electron chi connectivity index (χ3n) is 1.84. The van der Waals surface area contributed by atoms with Crippen molar-refractivity contribution in [3.05, 3.63) is 28.9 Å². The lowest BCUT2D eigenvalue weighted by atomic mass is 10.2. The second kappa shape index (κ2) is 3.27. The number of hydrogen-bond donors (Lipinski definition) is 1. The van der Waals surface area contributed by atoms with Gasteiger partial charge >= 0.3 is 0 Å². The van der Waals surface area contributed by atoms with Gasteiger partial charge < -0.3 is 5.11 Å². The number of benzene rings is 1. The van der Waals surface area contributed by atoms with Crippen molar-refractivity contribution in [1.29, 1.82) is 0 Å². The Morgan fingerprint density at radius 1 is 1.46 bits per heavy atom. The smallest absolute Gasteiger partial charge is 0.219 e. The average Bonchev–Trinajstić information content (AvgIpc) is 2.43. The quantitative estimate of drug-likeness (QED) is 0.777. The Balaban J connectivity index is 2.75. The molecule has 1 aromatic heterocycles. The van der Waals surface area contributed by atoms with E-state index >= 15 is 0 Å². The van der Waals surface area contributed by atoms with Crippen LogP contribution in [0.15, 0.2) is 18.2 Å².